The molecule has 1 aliphatic carbocycles. The first-order valence-electron chi connectivity index (χ1n) is 7.97. The Hall–Kier alpha value is -2.20. The quantitative estimate of drug-likeness (QED) is 0.880. The molecule has 0 spiro atoms. The first kappa shape index (κ1) is 16.7. The minimum absolute atomic E-state index is 0.130. The third-order valence-corrected chi connectivity index (χ3v) is 4.97. The molecule has 2 aromatic rings. The molecule has 1 amide bonds. The van der Waals surface area contributed by atoms with Crippen LogP contribution < -0.4 is 10.1 Å². The van der Waals surface area contributed by atoms with Crippen molar-refractivity contribution in [3.8, 4) is 11.5 Å². The molecule has 0 saturated heterocycles. The molecule has 3 rings (SSSR count). The summed E-state index contributed by atoms with van der Waals surface area (Å²) < 4.78 is 5.45. The number of hydrogen-bond donors (Lipinski definition) is 2. The summed E-state index contributed by atoms with van der Waals surface area (Å²) in [5, 5.41) is 13.2. The lowest BCUT2D eigenvalue weighted by Crippen LogP contribution is -2.35. The maximum Gasteiger partial charge on any atom is 0.255 e. The number of amides is 1. The van der Waals surface area contributed by atoms with Crippen molar-refractivity contribution in [2.24, 2.45) is 5.92 Å². The molecule has 24 heavy (non-hydrogen) atoms. The number of methoxy groups -OCH3 is 1. The highest BCUT2D eigenvalue weighted by molar-refractivity contribution is 6.32. The molecule has 0 aliphatic heterocycles. The molecular formula is C19H20ClNO3. The Morgan fingerprint density at radius 3 is 2.79 bits per heavy atom. The summed E-state index contributed by atoms with van der Waals surface area (Å²) in [4.78, 5) is 12.6. The monoisotopic (exact) mass is 345 g/mol. The predicted octanol–water partition coefficient (Wildman–Crippen LogP) is 4.11. The van der Waals surface area contributed by atoms with Gasteiger partial charge in [-0.3, -0.25) is 4.79 Å². The Morgan fingerprint density at radius 2 is 2.04 bits per heavy atom. The smallest absolute Gasteiger partial charge is 0.255 e. The van der Waals surface area contributed by atoms with E-state index in [4.69, 9.17) is 16.3 Å². The van der Waals surface area contributed by atoms with Crippen molar-refractivity contribution in [1.82, 2.24) is 5.32 Å². The molecule has 2 aromatic carbocycles. The van der Waals surface area contributed by atoms with E-state index in [0.29, 0.717) is 0 Å². The van der Waals surface area contributed by atoms with E-state index in [9.17, 15) is 9.90 Å². The van der Waals surface area contributed by atoms with Crippen LogP contribution in [0, 0.1) is 5.92 Å². The summed E-state index contributed by atoms with van der Waals surface area (Å²) in [6.07, 6.45) is 1.88. The highest BCUT2D eigenvalue weighted by Crippen LogP contribution is 2.39. The van der Waals surface area contributed by atoms with Crippen LogP contribution >= 0.6 is 11.6 Å². The molecule has 0 bridgehead atoms. The molecule has 5 heteroatoms. The molecule has 0 radical (unpaired) electrons. The number of para-hydroxylation sites is 1. The van der Waals surface area contributed by atoms with E-state index in [1.54, 1.807) is 25.3 Å². The minimum atomic E-state index is -0.331. The zero-order chi connectivity index (χ0) is 17.3. The molecule has 0 heterocycles. The van der Waals surface area contributed by atoms with Crippen molar-refractivity contribution >= 4 is 17.5 Å². The second-order valence-electron chi connectivity index (χ2n) is 6.13. The zero-order valence-electron chi connectivity index (χ0n) is 13.7. The number of hydrogen-bond acceptors (Lipinski definition) is 3. The summed E-state index contributed by atoms with van der Waals surface area (Å²) in [7, 11) is 1.66. The zero-order valence-corrected chi connectivity index (χ0v) is 14.4. The topological polar surface area (TPSA) is 58.6 Å². The van der Waals surface area contributed by atoms with Crippen molar-refractivity contribution in [1.29, 1.82) is 0 Å². The van der Waals surface area contributed by atoms with Gasteiger partial charge in [-0.05, 0) is 48.1 Å². The fourth-order valence-electron chi connectivity index (χ4n) is 3.32. The van der Waals surface area contributed by atoms with E-state index in [-0.39, 0.29) is 34.2 Å². The summed E-state index contributed by atoms with van der Waals surface area (Å²) in [5.74, 6) is 0.618. The Balaban J connectivity index is 1.93. The van der Waals surface area contributed by atoms with Gasteiger partial charge < -0.3 is 15.2 Å². The Morgan fingerprint density at radius 1 is 1.29 bits per heavy atom. The van der Waals surface area contributed by atoms with E-state index in [0.717, 1.165) is 29.7 Å². The van der Waals surface area contributed by atoms with E-state index < -0.39 is 0 Å². The number of halogens is 1. The number of phenolic OH excluding ortho intramolecular Hbond substituents is 1. The average molecular weight is 346 g/mol. The van der Waals surface area contributed by atoms with Gasteiger partial charge in [-0.25, -0.2) is 0 Å². The van der Waals surface area contributed by atoms with Crippen molar-refractivity contribution < 1.29 is 14.6 Å². The summed E-state index contributed by atoms with van der Waals surface area (Å²) >= 11 is 5.90. The van der Waals surface area contributed by atoms with Crippen LogP contribution in [0.25, 0.3) is 0 Å². The highest BCUT2D eigenvalue weighted by Gasteiger charge is 2.30. The van der Waals surface area contributed by atoms with Crippen LogP contribution in [0.4, 0.5) is 0 Å². The van der Waals surface area contributed by atoms with E-state index in [1.807, 2.05) is 18.2 Å². The molecule has 4 nitrogen and oxygen atoms in total. The Kier molecular flexibility index (Phi) is 4.67. The fourth-order valence-corrected chi connectivity index (χ4v) is 3.49. The SMILES string of the molecule is COc1cccc2c1CCC(C)C2NC(=O)c1cccc(Cl)c1O. The van der Waals surface area contributed by atoms with Crippen molar-refractivity contribution in [2.75, 3.05) is 7.11 Å². The van der Waals surface area contributed by atoms with Gasteiger partial charge in [0.2, 0.25) is 0 Å². The van der Waals surface area contributed by atoms with Crippen LogP contribution in [0.3, 0.4) is 0 Å². The van der Waals surface area contributed by atoms with Gasteiger partial charge in [0.25, 0.3) is 5.91 Å². The molecule has 0 fully saturated rings. The predicted molar refractivity (Wildman–Crippen MR) is 93.8 cm³/mol. The van der Waals surface area contributed by atoms with Gasteiger partial charge in [0.1, 0.15) is 11.5 Å². The largest absolute Gasteiger partial charge is 0.506 e. The third-order valence-electron chi connectivity index (χ3n) is 4.66. The van der Waals surface area contributed by atoms with E-state index in [2.05, 4.69) is 12.2 Å². The molecule has 1 aliphatic rings. The average Bonchev–Trinajstić information content (AvgIpc) is 2.59. The van der Waals surface area contributed by atoms with Crippen LogP contribution in [0.5, 0.6) is 11.5 Å². The van der Waals surface area contributed by atoms with Gasteiger partial charge in [-0.1, -0.05) is 36.7 Å². The summed E-state index contributed by atoms with van der Waals surface area (Å²) in [6, 6.07) is 10.5. The van der Waals surface area contributed by atoms with Gasteiger partial charge in [0.05, 0.1) is 23.7 Å². The molecule has 2 atom stereocenters. The Bertz CT molecular complexity index is 775. The third kappa shape index (κ3) is 2.94. The fraction of sp³-hybridized carbons (Fsp3) is 0.316. The van der Waals surface area contributed by atoms with Crippen LogP contribution in [0.1, 0.15) is 40.9 Å². The molecular weight excluding hydrogens is 326 g/mol. The second-order valence-corrected chi connectivity index (χ2v) is 6.54. The number of nitrogens with one attached hydrogen (secondary N) is 1. The molecule has 2 unspecified atom stereocenters. The van der Waals surface area contributed by atoms with Crippen LogP contribution in [-0.4, -0.2) is 18.1 Å². The van der Waals surface area contributed by atoms with Crippen molar-refractivity contribution in [3.63, 3.8) is 0 Å². The van der Waals surface area contributed by atoms with Gasteiger partial charge in [0, 0.05) is 0 Å². The second kappa shape index (κ2) is 6.73. The lowest BCUT2D eigenvalue weighted by Gasteiger charge is -2.33. The molecule has 2 N–H and O–H groups in total. The van der Waals surface area contributed by atoms with Gasteiger partial charge in [-0.15, -0.1) is 0 Å². The standard InChI is InChI=1S/C19H20ClNO3/c1-11-9-10-12-13(5-4-8-16(12)24-2)17(11)21-19(23)14-6-3-7-15(20)18(14)22/h3-8,11,17,22H,9-10H2,1-2H3,(H,21,23). The first-order valence-corrected chi connectivity index (χ1v) is 8.34. The molecule has 0 saturated carbocycles. The number of carbonyl (C=O) groups excluding carboxylic acids is 1. The van der Waals surface area contributed by atoms with Crippen molar-refractivity contribution in [2.45, 2.75) is 25.8 Å². The Labute approximate surface area is 146 Å². The van der Waals surface area contributed by atoms with Gasteiger partial charge in [0.15, 0.2) is 0 Å². The minimum Gasteiger partial charge on any atom is -0.506 e. The normalized spacial score (nSPS) is 19.5. The number of aromatic hydroxyl groups is 1. The van der Waals surface area contributed by atoms with Crippen molar-refractivity contribution in [3.05, 3.63) is 58.1 Å². The first-order chi connectivity index (χ1) is 11.5. The number of rotatable bonds is 3. The van der Waals surface area contributed by atoms with Crippen LogP contribution in [0.15, 0.2) is 36.4 Å². The number of phenols is 1. The molecule has 0 aromatic heterocycles. The lowest BCUT2D eigenvalue weighted by molar-refractivity contribution is 0.0916. The number of fused-ring (bicyclic) bond motifs is 1. The number of carbonyl (C=O) groups is 1. The maximum atomic E-state index is 12.6. The number of benzene rings is 2. The summed E-state index contributed by atoms with van der Waals surface area (Å²) in [6.45, 7) is 2.12. The van der Waals surface area contributed by atoms with E-state index in [1.165, 1.54) is 0 Å². The summed E-state index contributed by atoms with van der Waals surface area (Å²) in [5.41, 5.74) is 2.39. The van der Waals surface area contributed by atoms with Gasteiger partial charge >= 0.3 is 0 Å². The van der Waals surface area contributed by atoms with Crippen LogP contribution in [0.2, 0.25) is 5.02 Å². The van der Waals surface area contributed by atoms with Gasteiger partial charge in [-0.2, -0.15) is 0 Å². The van der Waals surface area contributed by atoms with E-state index >= 15 is 0 Å². The highest BCUT2D eigenvalue weighted by atomic mass is 35.5. The molecule has 126 valence electrons. The number of ether oxygens (including phenoxy) is 1. The lowest BCUT2D eigenvalue weighted by atomic mass is 9.80. The maximum absolute atomic E-state index is 12.6. The van der Waals surface area contributed by atoms with Crippen LogP contribution in [-0.2, 0) is 6.42 Å².